The number of hydrogen-bond acceptors (Lipinski definition) is 4. The average Bonchev–Trinajstić information content (AvgIpc) is 2.71. The topological polar surface area (TPSA) is 38.9 Å². The first-order valence-electron chi connectivity index (χ1n) is 3.99. The first-order valence-corrected chi connectivity index (χ1v) is 5.69. The van der Waals surface area contributed by atoms with Crippen molar-refractivity contribution < 1.29 is 8.78 Å². The maximum absolute atomic E-state index is 13.4. The summed E-state index contributed by atoms with van der Waals surface area (Å²) in [6, 6.07) is 2.35. The SMILES string of the molecule is Nc1ccc(F)c(F)c1Sc1nccs1. The van der Waals surface area contributed by atoms with Crippen molar-refractivity contribution in [3.05, 3.63) is 35.3 Å². The molecule has 1 aromatic carbocycles. The van der Waals surface area contributed by atoms with Crippen molar-refractivity contribution in [3.8, 4) is 0 Å². The fourth-order valence-electron chi connectivity index (χ4n) is 0.999. The molecule has 0 saturated heterocycles. The normalized spacial score (nSPS) is 10.5. The van der Waals surface area contributed by atoms with Crippen LogP contribution in [-0.2, 0) is 0 Å². The number of nitrogen functional groups attached to an aromatic ring is 1. The van der Waals surface area contributed by atoms with Gasteiger partial charge in [0, 0.05) is 17.3 Å². The smallest absolute Gasteiger partial charge is 0.174 e. The molecule has 0 aliphatic carbocycles. The number of anilines is 1. The predicted molar refractivity (Wildman–Crippen MR) is 57.0 cm³/mol. The summed E-state index contributed by atoms with van der Waals surface area (Å²) < 4.78 is 26.9. The number of nitrogens with zero attached hydrogens (tertiary/aromatic N) is 1. The van der Waals surface area contributed by atoms with E-state index in [0.29, 0.717) is 4.34 Å². The maximum atomic E-state index is 13.4. The number of rotatable bonds is 2. The molecule has 0 unspecified atom stereocenters. The van der Waals surface area contributed by atoms with E-state index in [1.165, 1.54) is 17.4 Å². The lowest BCUT2D eigenvalue weighted by molar-refractivity contribution is 0.492. The van der Waals surface area contributed by atoms with E-state index in [9.17, 15) is 8.78 Å². The molecule has 2 nitrogen and oxygen atoms in total. The molecule has 1 aromatic heterocycles. The molecule has 0 aliphatic heterocycles. The highest BCUT2D eigenvalue weighted by atomic mass is 32.2. The van der Waals surface area contributed by atoms with Crippen LogP contribution in [0, 0.1) is 11.6 Å². The van der Waals surface area contributed by atoms with Crippen LogP contribution in [0.5, 0.6) is 0 Å². The van der Waals surface area contributed by atoms with Gasteiger partial charge in [-0.25, -0.2) is 13.8 Å². The van der Waals surface area contributed by atoms with Gasteiger partial charge in [0.25, 0.3) is 0 Å². The van der Waals surface area contributed by atoms with Crippen LogP contribution in [0.3, 0.4) is 0 Å². The van der Waals surface area contributed by atoms with E-state index in [0.717, 1.165) is 17.8 Å². The zero-order chi connectivity index (χ0) is 10.8. The molecule has 0 saturated carbocycles. The van der Waals surface area contributed by atoms with E-state index in [1.54, 1.807) is 11.6 Å². The van der Waals surface area contributed by atoms with E-state index in [1.807, 2.05) is 0 Å². The molecule has 0 bridgehead atoms. The Bertz CT molecular complexity index is 471. The lowest BCUT2D eigenvalue weighted by atomic mass is 10.3. The largest absolute Gasteiger partial charge is 0.398 e. The third kappa shape index (κ3) is 2.10. The van der Waals surface area contributed by atoms with Crippen molar-refractivity contribution in [2.75, 3.05) is 5.73 Å². The monoisotopic (exact) mass is 244 g/mol. The van der Waals surface area contributed by atoms with Crippen molar-refractivity contribution >= 4 is 28.8 Å². The van der Waals surface area contributed by atoms with Crippen molar-refractivity contribution in [1.29, 1.82) is 0 Å². The highest BCUT2D eigenvalue weighted by Crippen LogP contribution is 2.35. The Balaban J connectivity index is 2.39. The Kier molecular flexibility index (Phi) is 2.88. The molecule has 0 amide bonds. The number of thiazole rings is 1. The standard InChI is InChI=1S/C9H6F2N2S2/c10-5-1-2-6(12)8(7(5)11)15-9-13-3-4-14-9/h1-4H,12H2. The van der Waals surface area contributed by atoms with Gasteiger partial charge in [-0.3, -0.25) is 0 Å². The Labute approximate surface area is 93.1 Å². The van der Waals surface area contributed by atoms with Crippen LogP contribution in [0.2, 0.25) is 0 Å². The minimum atomic E-state index is -0.921. The molecule has 78 valence electrons. The zero-order valence-corrected chi connectivity index (χ0v) is 9.04. The zero-order valence-electron chi connectivity index (χ0n) is 7.41. The predicted octanol–water partition coefficient (Wildman–Crippen LogP) is 3.15. The van der Waals surface area contributed by atoms with E-state index < -0.39 is 11.6 Å². The highest BCUT2D eigenvalue weighted by molar-refractivity contribution is 8.01. The molecular weight excluding hydrogens is 238 g/mol. The van der Waals surface area contributed by atoms with E-state index in [2.05, 4.69) is 4.98 Å². The van der Waals surface area contributed by atoms with Gasteiger partial charge in [-0.2, -0.15) is 0 Å². The van der Waals surface area contributed by atoms with Gasteiger partial charge in [-0.15, -0.1) is 11.3 Å². The molecule has 0 radical (unpaired) electrons. The second kappa shape index (κ2) is 4.16. The minimum absolute atomic E-state index is 0.0879. The maximum Gasteiger partial charge on any atom is 0.174 e. The molecule has 2 aromatic rings. The first-order chi connectivity index (χ1) is 7.18. The number of hydrogen-bond donors (Lipinski definition) is 1. The second-order valence-electron chi connectivity index (χ2n) is 2.68. The van der Waals surface area contributed by atoms with E-state index in [4.69, 9.17) is 5.73 Å². The van der Waals surface area contributed by atoms with Crippen LogP contribution < -0.4 is 5.73 Å². The van der Waals surface area contributed by atoms with Crippen molar-refractivity contribution in [2.45, 2.75) is 9.24 Å². The lowest BCUT2D eigenvalue weighted by Gasteiger charge is -2.04. The summed E-state index contributed by atoms with van der Waals surface area (Å²) in [5.74, 6) is -1.82. The van der Waals surface area contributed by atoms with Crippen LogP contribution in [0.4, 0.5) is 14.5 Å². The second-order valence-corrected chi connectivity index (χ2v) is 4.83. The van der Waals surface area contributed by atoms with Crippen LogP contribution in [-0.4, -0.2) is 4.98 Å². The molecule has 6 heteroatoms. The molecule has 2 rings (SSSR count). The third-order valence-electron chi connectivity index (χ3n) is 1.68. The Morgan fingerprint density at radius 1 is 1.33 bits per heavy atom. The van der Waals surface area contributed by atoms with Gasteiger partial charge in [-0.05, 0) is 12.1 Å². The number of aromatic nitrogens is 1. The van der Waals surface area contributed by atoms with Crippen LogP contribution >= 0.6 is 23.1 Å². The average molecular weight is 244 g/mol. The molecule has 2 N–H and O–H groups in total. The van der Waals surface area contributed by atoms with E-state index in [-0.39, 0.29) is 10.6 Å². The summed E-state index contributed by atoms with van der Waals surface area (Å²) >= 11 is 2.38. The summed E-state index contributed by atoms with van der Waals surface area (Å²) in [5.41, 5.74) is 5.77. The third-order valence-corrected chi connectivity index (χ3v) is 3.68. The minimum Gasteiger partial charge on any atom is -0.398 e. The summed E-state index contributed by atoms with van der Waals surface area (Å²) in [4.78, 5) is 4.05. The highest BCUT2D eigenvalue weighted by Gasteiger charge is 2.14. The summed E-state index contributed by atoms with van der Waals surface area (Å²) in [5, 5.41) is 1.76. The van der Waals surface area contributed by atoms with Crippen LogP contribution in [0.1, 0.15) is 0 Å². The molecular formula is C9H6F2N2S2. The van der Waals surface area contributed by atoms with Gasteiger partial charge in [0.1, 0.15) is 0 Å². The fraction of sp³-hybridized carbons (Fsp3) is 0. The van der Waals surface area contributed by atoms with Crippen molar-refractivity contribution in [2.24, 2.45) is 0 Å². The molecule has 0 spiro atoms. The van der Waals surface area contributed by atoms with Gasteiger partial charge in [0.15, 0.2) is 16.0 Å². The quantitative estimate of drug-likeness (QED) is 0.825. The summed E-state index contributed by atoms with van der Waals surface area (Å²) in [6.45, 7) is 0. The number of benzene rings is 1. The molecule has 0 fully saturated rings. The summed E-state index contributed by atoms with van der Waals surface area (Å²) in [7, 11) is 0. The van der Waals surface area contributed by atoms with Gasteiger partial charge in [0.05, 0.1) is 4.90 Å². The van der Waals surface area contributed by atoms with Gasteiger partial charge < -0.3 is 5.73 Å². The van der Waals surface area contributed by atoms with Crippen LogP contribution in [0.15, 0.2) is 32.9 Å². The number of nitrogens with two attached hydrogens (primary N) is 1. The van der Waals surface area contributed by atoms with Gasteiger partial charge in [0.2, 0.25) is 0 Å². The Morgan fingerprint density at radius 2 is 2.13 bits per heavy atom. The lowest BCUT2D eigenvalue weighted by Crippen LogP contribution is -1.95. The first kappa shape index (κ1) is 10.4. The fourth-order valence-corrected chi connectivity index (χ4v) is 2.63. The molecule has 0 aliphatic rings. The Hall–Kier alpha value is -1.14. The number of halogens is 2. The molecule has 15 heavy (non-hydrogen) atoms. The Morgan fingerprint density at radius 3 is 2.80 bits per heavy atom. The summed E-state index contributed by atoms with van der Waals surface area (Å²) in [6.07, 6.45) is 1.60. The van der Waals surface area contributed by atoms with Crippen molar-refractivity contribution in [1.82, 2.24) is 4.98 Å². The molecule has 0 atom stereocenters. The molecule has 1 heterocycles. The van der Waals surface area contributed by atoms with Crippen molar-refractivity contribution in [3.63, 3.8) is 0 Å². The van der Waals surface area contributed by atoms with E-state index >= 15 is 0 Å². The van der Waals surface area contributed by atoms with Gasteiger partial charge >= 0.3 is 0 Å². The van der Waals surface area contributed by atoms with Crippen LogP contribution in [0.25, 0.3) is 0 Å². The van der Waals surface area contributed by atoms with Gasteiger partial charge in [-0.1, -0.05) is 11.8 Å².